The van der Waals surface area contributed by atoms with Gasteiger partial charge in [0.25, 0.3) is 0 Å². The minimum atomic E-state index is -3.43. The molecule has 0 amide bonds. The molecule has 0 atom stereocenters. The molecular formula is C10H8O2S2. The van der Waals surface area contributed by atoms with Crippen molar-refractivity contribution >= 4 is 31.3 Å². The molecule has 0 heterocycles. The molecule has 0 saturated carbocycles. The lowest BCUT2D eigenvalue weighted by molar-refractivity contribution is 0.611. The summed E-state index contributed by atoms with van der Waals surface area (Å²) in [5, 5.41) is 1.62. The fourth-order valence-electron chi connectivity index (χ4n) is 1.42. The highest BCUT2D eigenvalue weighted by Gasteiger charge is 2.11. The molecule has 72 valence electrons. The molecule has 0 fully saturated rings. The molecule has 2 rings (SSSR count). The molecule has 2 nitrogen and oxygen atoms in total. The molecule has 0 aromatic heterocycles. The Balaban J connectivity index is 2.92. The minimum absolute atomic E-state index is 0.263. The van der Waals surface area contributed by atoms with Crippen LogP contribution >= 0.6 is 11.7 Å². The summed E-state index contributed by atoms with van der Waals surface area (Å²) in [5.74, 6) is 0. The van der Waals surface area contributed by atoms with Crippen LogP contribution in [0.15, 0.2) is 47.4 Å². The van der Waals surface area contributed by atoms with E-state index in [4.69, 9.17) is 0 Å². The van der Waals surface area contributed by atoms with E-state index in [9.17, 15) is 8.42 Å². The van der Waals surface area contributed by atoms with Gasteiger partial charge in [0, 0.05) is 5.39 Å². The van der Waals surface area contributed by atoms with Crippen LogP contribution in [0, 0.1) is 0 Å². The normalized spacial score (nSPS) is 11.8. The van der Waals surface area contributed by atoms with Crippen LogP contribution in [0.3, 0.4) is 0 Å². The second-order valence-electron chi connectivity index (χ2n) is 2.95. The third-order valence-corrected chi connectivity index (χ3v) is 3.53. The highest BCUT2D eigenvalue weighted by atomic mass is 33.1. The van der Waals surface area contributed by atoms with E-state index in [0.717, 1.165) is 5.39 Å². The van der Waals surface area contributed by atoms with E-state index >= 15 is 0 Å². The van der Waals surface area contributed by atoms with E-state index in [2.05, 4.69) is 11.7 Å². The topological polar surface area (TPSA) is 34.1 Å². The third-order valence-electron chi connectivity index (χ3n) is 2.03. The number of benzene rings is 2. The lowest BCUT2D eigenvalue weighted by Crippen LogP contribution is -1.91. The second kappa shape index (κ2) is 3.29. The first-order valence-corrected chi connectivity index (χ1v) is 6.58. The van der Waals surface area contributed by atoms with Crippen LogP contribution in [0.2, 0.25) is 0 Å². The molecule has 0 saturated heterocycles. The first-order chi connectivity index (χ1) is 6.59. The van der Waals surface area contributed by atoms with Gasteiger partial charge in [-0.05, 0) is 23.1 Å². The molecule has 0 unspecified atom stereocenters. The van der Waals surface area contributed by atoms with Crippen LogP contribution in [-0.4, -0.2) is 8.42 Å². The van der Waals surface area contributed by atoms with Crippen molar-refractivity contribution in [1.29, 1.82) is 0 Å². The molecule has 0 aliphatic carbocycles. The van der Waals surface area contributed by atoms with Crippen molar-refractivity contribution < 1.29 is 8.42 Å². The third kappa shape index (κ3) is 1.63. The van der Waals surface area contributed by atoms with Gasteiger partial charge in [0.1, 0.15) is 0 Å². The average Bonchev–Trinajstić information content (AvgIpc) is 2.15. The smallest absolute Gasteiger partial charge is 0.212 e. The molecule has 0 spiro atoms. The Morgan fingerprint density at radius 3 is 2.29 bits per heavy atom. The largest absolute Gasteiger partial charge is 0.227 e. The first-order valence-electron chi connectivity index (χ1n) is 4.04. The zero-order chi connectivity index (χ0) is 10.2. The Morgan fingerprint density at radius 2 is 1.57 bits per heavy atom. The summed E-state index contributed by atoms with van der Waals surface area (Å²) in [7, 11) is -3.43. The lowest BCUT2D eigenvalue weighted by Gasteiger charge is -2.02. The molecule has 0 N–H and O–H groups in total. The summed E-state index contributed by atoms with van der Waals surface area (Å²) in [6.45, 7) is 0. The Hall–Kier alpha value is -1.00. The van der Waals surface area contributed by atoms with E-state index in [1.807, 2.05) is 24.3 Å². The summed E-state index contributed by atoms with van der Waals surface area (Å²) in [5.41, 5.74) is 0. The van der Waals surface area contributed by atoms with Crippen molar-refractivity contribution in [3.63, 3.8) is 0 Å². The van der Waals surface area contributed by atoms with Gasteiger partial charge >= 0.3 is 0 Å². The van der Waals surface area contributed by atoms with Gasteiger partial charge in [-0.1, -0.05) is 36.4 Å². The van der Waals surface area contributed by atoms with Gasteiger partial charge in [0.2, 0.25) is 8.87 Å². The van der Waals surface area contributed by atoms with Gasteiger partial charge in [0.15, 0.2) is 0 Å². The fraction of sp³-hybridized carbons (Fsp3) is 0. The standard InChI is InChI=1S/C10H8O2S2/c11-14(12,13)10-7-3-5-8-4-1-2-6-9(8)10/h1-7H,(H,11,12,13). The maximum atomic E-state index is 11.3. The Kier molecular flexibility index (Phi) is 2.25. The molecule has 0 radical (unpaired) electrons. The molecule has 0 bridgehead atoms. The zero-order valence-electron chi connectivity index (χ0n) is 7.21. The average molecular weight is 224 g/mol. The molecule has 4 heteroatoms. The van der Waals surface area contributed by atoms with Gasteiger partial charge in [-0.3, -0.25) is 0 Å². The summed E-state index contributed by atoms with van der Waals surface area (Å²) >= 11 is 3.59. The molecule has 0 aliphatic heterocycles. The summed E-state index contributed by atoms with van der Waals surface area (Å²) < 4.78 is 22.6. The van der Waals surface area contributed by atoms with E-state index < -0.39 is 8.87 Å². The van der Waals surface area contributed by atoms with Crippen molar-refractivity contribution in [1.82, 2.24) is 0 Å². The Labute approximate surface area is 87.3 Å². The number of thiol groups is 1. The van der Waals surface area contributed by atoms with Gasteiger partial charge in [-0.15, -0.1) is 0 Å². The van der Waals surface area contributed by atoms with E-state index in [1.165, 1.54) is 0 Å². The van der Waals surface area contributed by atoms with Crippen LogP contribution in [-0.2, 0) is 8.87 Å². The highest BCUT2D eigenvalue weighted by Crippen LogP contribution is 2.24. The molecule has 2 aromatic carbocycles. The monoisotopic (exact) mass is 224 g/mol. The molecule has 14 heavy (non-hydrogen) atoms. The van der Waals surface area contributed by atoms with Gasteiger partial charge in [-0.25, -0.2) is 8.42 Å². The van der Waals surface area contributed by atoms with Crippen molar-refractivity contribution in [2.24, 2.45) is 0 Å². The molecular weight excluding hydrogens is 216 g/mol. The van der Waals surface area contributed by atoms with Crippen molar-refractivity contribution in [3.05, 3.63) is 42.5 Å². The first kappa shape index (κ1) is 9.55. The van der Waals surface area contributed by atoms with Crippen LogP contribution in [0.25, 0.3) is 10.8 Å². The summed E-state index contributed by atoms with van der Waals surface area (Å²) in [6.07, 6.45) is 0. The molecule has 2 aromatic rings. The van der Waals surface area contributed by atoms with E-state index in [1.54, 1.807) is 18.2 Å². The predicted molar refractivity (Wildman–Crippen MR) is 60.1 cm³/mol. The maximum absolute atomic E-state index is 11.3. The lowest BCUT2D eigenvalue weighted by atomic mass is 10.1. The summed E-state index contributed by atoms with van der Waals surface area (Å²) in [4.78, 5) is 0.263. The van der Waals surface area contributed by atoms with Crippen LogP contribution in [0.4, 0.5) is 0 Å². The summed E-state index contributed by atoms with van der Waals surface area (Å²) in [6, 6.07) is 12.5. The quantitative estimate of drug-likeness (QED) is 0.596. The zero-order valence-corrected chi connectivity index (χ0v) is 8.92. The number of fused-ring (bicyclic) bond motifs is 1. The fourth-order valence-corrected chi connectivity index (χ4v) is 2.61. The van der Waals surface area contributed by atoms with Gasteiger partial charge in [0.05, 0.1) is 4.90 Å². The SMILES string of the molecule is O=S(=O)(S)c1cccc2ccccc12. The molecule has 0 aliphatic rings. The minimum Gasteiger partial charge on any atom is -0.212 e. The van der Waals surface area contributed by atoms with Crippen LogP contribution in [0.1, 0.15) is 0 Å². The highest BCUT2D eigenvalue weighted by molar-refractivity contribution is 8.63. The Bertz CT molecular complexity index is 568. The van der Waals surface area contributed by atoms with Crippen molar-refractivity contribution in [2.75, 3.05) is 0 Å². The van der Waals surface area contributed by atoms with Crippen molar-refractivity contribution in [3.8, 4) is 0 Å². The van der Waals surface area contributed by atoms with Crippen molar-refractivity contribution in [2.45, 2.75) is 4.90 Å². The van der Waals surface area contributed by atoms with Gasteiger partial charge in [-0.2, -0.15) is 0 Å². The maximum Gasteiger partial charge on any atom is 0.227 e. The van der Waals surface area contributed by atoms with Gasteiger partial charge < -0.3 is 0 Å². The second-order valence-corrected chi connectivity index (χ2v) is 5.78. The van der Waals surface area contributed by atoms with E-state index in [-0.39, 0.29) is 4.90 Å². The van der Waals surface area contributed by atoms with Crippen LogP contribution < -0.4 is 0 Å². The number of hydrogen-bond donors (Lipinski definition) is 1. The van der Waals surface area contributed by atoms with E-state index in [0.29, 0.717) is 5.39 Å². The number of hydrogen-bond acceptors (Lipinski definition) is 2. The van der Waals surface area contributed by atoms with Crippen LogP contribution in [0.5, 0.6) is 0 Å². The Morgan fingerprint density at radius 1 is 0.929 bits per heavy atom. The number of rotatable bonds is 1. The predicted octanol–water partition coefficient (Wildman–Crippen LogP) is 2.46.